The van der Waals surface area contributed by atoms with E-state index in [0.29, 0.717) is 34.1 Å². The van der Waals surface area contributed by atoms with Gasteiger partial charge in [0.05, 0.1) is 24.3 Å². The summed E-state index contributed by atoms with van der Waals surface area (Å²) < 4.78 is 62.9. The number of hydrogen-bond acceptors (Lipinski definition) is 7. The molecular weight excluding hydrogens is 658 g/mol. The molecule has 0 unspecified atom stereocenters. The standard InChI is InChI=1S/C34H33F4N5O5.C2H6/c1-18-12-21(43-10-11-48-17-28(43)34(36,37)38)15-25(35)29(18)31(44)41-26(33(46)47)14-19-5-6-23(30-22(19)4-3-8-40-30)24-13-20-16-39-9-7-27(20)42(2)32(24)45;1-2/h3-6,8,12-13,15,26,28,39H,7,9-11,14,16-17H2,1-2H3,(H,41,44)(H,46,47);1-2H3/t26-,28+;/m0./s1. The van der Waals surface area contributed by atoms with Crippen LogP contribution < -0.4 is 21.1 Å². The van der Waals surface area contributed by atoms with Gasteiger partial charge < -0.3 is 29.9 Å². The third kappa shape index (κ3) is 7.22. The lowest BCUT2D eigenvalue weighted by atomic mass is 9.94. The highest BCUT2D eigenvalue weighted by molar-refractivity contribution is 5.99. The summed E-state index contributed by atoms with van der Waals surface area (Å²) in [7, 11) is 1.74. The fourth-order valence-corrected chi connectivity index (χ4v) is 6.58. The van der Waals surface area contributed by atoms with Gasteiger partial charge in [0.15, 0.2) is 0 Å². The monoisotopic (exact) mass is 697 g/mol. The number of hydrogen-bond donors (Lipinski definition) is 3. The molecule has 0 spiro atoms. The van der Waals surface area contributed by atoms with Crippen molar-refractivity contribution in [3.8, 4) is 11.1 Å². The van der Waals surface area contributed by atoms with E-state index >= 15 is 4.39 Å². The van der Waals surface area contributed by atoms with Crippen LogP contribution in [0.5, 0.6) is 0 Å². The minimum atomic E-state index is -4.62. The number of morpholine rings is 1. The summed E-state index contributed by atoms with van der Waals surface area (Å²) in [6, 6.07) is 7.30. The summed E-state index contributed by atoms with van der Waals surface area (Å²) in [5.74, 6) is -3.49. The van der Waals surface area contributed by atoms with E-state index in [1.54, 1.807) is 42.1 Å². The van der Waals surface area contributed by atoms with Crippen molar-refractivity contribution in [2.45, 2.75) is 58.4 Å². The van der Waals surface area contributed by atoms with Crippen LogP contribution in [0.4, 0.5) is 23.2 Å². The number of nitrogens with one attached hydrogen (secondary N) is 2. The largest absolute Gasteiger partial charge is 0.480 e. The van der Waals surface area contributed by atoms with Crippen LogP contribution in [-0.2, 0) is 36.0 Å². The lowest BCUT2D eigenvalue weighted by Gasteiger charge is -2.38. The predicted molar refractivity (Wildman–Crippen MR) is 181 cm³/mol. The van der Waals surface area contributed by atoms with Crippen molar-refractivity contribution in [2.75, 3.05) is 31.2 Å². The number of carboxylic acid groups (broad SMARTS) is 1. The van der Waals surface area contributed by atoms with Crippen molar-refractivity contribution < 1.29 is 37.0 Å². The van der Waals surface area contributed by atoms with Crippen molar-refractivity contribution in [2.24, 2.45) is 7.05 Å². The normalized spacial score (nSPS) is 16.6. The first kappa shape index (κ1) is 36.5. The summed E-state index contributed by atoms with van der Waals surface area (Å²) in [6.07, 6.45) is -2.53. The van der Waals surface area contributed by atoms with Gasteiger partial charge >= 0.3 is 12.1 Å². The molecule has 50 heavy (non-hydrogen) atoms. The highest BCUT2D eigenvalue weighted by atomic mass is 19.4. The molecule has 0 bridgehead atoms. The molecule has 2 aromatic heterocycles. The van der Waals surface area contributed by atoms with Crippen LogP contribution in [0.3, 0.4) is 0 Å². The average Bonchev–Trinajstić information content (AvgIpc) is 3.10. The van der Waals surface area contributed by atoms with E-state index < -0.39 is 48.1 Å². The molecule has 266 valence electrons. The minimum Gasteiger partial charge on any atom is -0.480 e. The Morgan fingerprint density at radius 2 is 1.92 bits per heavy atom. The molecule has 14 heteroatoms. The van der Waals surface area contributed by atoms with E-state index in [1.807, 2.05) is 19.9 Å². The van der Waals surface area contributed by atoms with E-state index in [2.05, 4.69) is 15.6 Å². The van der Waals surface area contributed by atoms with Crippen LogP contribution in [0.1, 0.15) is 46.6 Å². The number of carboxylic acids is 1. The maximum Gasteiger partial charge on any atom is 0.411 e. The van der Waals surface area contributed by atoms with Crippen molar-refractivity contribution in [3.63, 3.8) is 0 Å². The lowest BCUT2D eigenvalue weighted by Crippen LogP contribution is -2.53. The van der Waals surface area contributed by atoms with E-state index in [4.69, 9.17) is 4.74 Å². The van der Waals surface area contributed by atoms with Gasteiger partial charge in [0.2, 0.25) is 0 Å². The van der Waals surface area contributed by atoms with Crippen LogP contribution in [-0.4, -0.2) is 71.1 Å². The molecule has 1 fully saturated rings. The molecule has 10 nitrogen and oxygen atoms in total. The fourth-order valence-electron chi connectivity index (χ4n) is 6.58. The third-order valence-electron chi connectivity index (χ3n) is 9.00. The van der Waals surface area contributed by atoms with E-state index in [0.717, 1.165) is 35.2 Å². The molecule has 2 aliphatic heterocycles. The van der Waals surface area contributed by atoms with Crippen LogP contribution >= 0.6 is 0 Å². The summed E-state index contributed by atoms with van der Waals surface area (Å²) in [5, 5.41) is 16.3. The minimum absolute atomic E-state index is 0.0163. The predicted octanol–water partition coefficient (Wildman–Crippen LogP) is 4.91. The van der Waals surface area contributed by atoms with E-state index in [-0.39, 0.29) is 36.4 Å². The van der Waals surface area contributed by atoms with Crippen LogP contribution in [0, 0.1) is 12.7 Å². The molecule has 0 aliphatic carbocycles. The highest BCUT2D eigenvalue weighted by Crippen LogP contribution is 2.33. The molecule has 2 aliphatic rings. The Morgan fingerprint density at radius 3 is 2.62 bits per heavy atom. The molecule has 4 heterocycles. The average molecular weight is 698 g/mol. The first-order valence-electron chi connectivity index (χ1n) is 16.4. The second-order valence-corrected chi connectivity index (χ2v) is 12.0. The fraction of sp³-hybridized carbons (Fsp3) is 0.389. The number of ether oxygens (including phenoxy) is 1. The Labute approximate surface area is 286 Å². The molecule has 3 N–H and O–H groups in total. The Morgan fingerprint density at radius 1 is 1.16 bits per heavy atom. The molecule has 1 saturated heterocycles. The zero-order valence-electron chi connectivity index (χ0n) is 28.2. The van der Waals surface area contributed by atoms with Gasteiger partial charge in [-0.25, -0.2) is 9.18 Å². The number of aromatic nitrogens is 2. The van der Waals surface area contributed by atoms with Gasteiger partial charge in [0.25, 0.3) is 11.5 Å². The summed E-state index contributed by atoms with van der Waals surface area (Å²) in [4.78, 5) is 44.6. The van der Waals surface area contributed by atoms with Crippen molar-refractivity contribution >= 4 is 28.5 Å². The number of carbonyl (C=O) groups excluding carboxylic acids is 1. The van der Waals surface area contributed by atoms with Crippen molar-refractivity contribution in [3.05, 3.63) is 92.8 Å². The van der Waals surface area contributed by atoms with Crippen LogP contribution in [0.15, 0.2) is 53.5 Å². The SMILES string of the molecule is CC.Cc1cc(N2CCOC[C@@H]2C(F)(F)F)cc(F)c1C(=O)N[C@@H](Cc1ccc(-c2cc3c(n(C)c2=O)CCNC3)c2ncccc12)C(=O)O. The maximum absolute atomic E-state index is 15.4. The number of alkyl halides is 3. The summed E-state index contributed by atoms with van der Waals surface area (Å²) >= 11 is 0. The Hall–Kier alpha value is -4.82. The van der Waals surface area contributed by atoms with E-state index in [9.17, 15) is 32.7 Å². The molecule has 0 saturated carbocycles. The molecule has 2 aromatic carbocycles. The summed E-state index contributed by atoms with van der Waals surface area (Å²) in [5.41, 5.74) is 3.30. The zero-order valence-corrected chi connectivity index (χ0v) is 28.2. The van der Waals surface area contributed by atoms with Gasteiger partial charge in [0, 0.05) is 73.6 Å². The zero-order chi connectivity index (χ0) is 36.3. The van der Waals surface area contributed by atoms with Crippen molar-refractivity contribution in [1.29, 1.82) is 0 Å². The Bertz CT molecular complexity index is 1960. The number of halogens is 4. The molecule has 1 amide bonds. The number of aliphatic carboxylic acids is 1. The van der Waals surface area contributed by atoms with Crippen LogP contribution in [0.25, 0.3) is 22.0 Å². The topological polar surface area (TPSA) is 126 Å². The number of anilines is 1. The van der Waals surface area contributed by atoms with Gasteiger partial charge in [-0.1, -0.05) is 32.0 Å². The van der Waals surface area contributed by atoms with E-state index in [1.165, 1.54) is 13.0 Å². The van der Waals surface area contributed by atoms with Gasteiger partial charge in [0.1, 0.15) is 17.9 Å². The number of carbonyl (C=O) groups is 2. The lowest BCUT2D eigenvalue weighted by molar-refractivity contribution is -0.167. The second-order valence-electron chi connectivity index (χ2n) is 12.0. The van der Waals surface area contributed by atoms with Gasteiger partial charge in [-0.15, -0.1) is 0 Å². The molecular formula is C36H39F4N5O5. The Kier molecular flexibility index (Phi) is 10.9. The third-order valence-corrected chi connectivity index (χ3v) is 9.00. The Balaban J connectivity index is 0.00000239. The molecule has 4 aromatic rings. The molecule has 2 atom stereocenters. The van der Waals surface area contributed by atoms with Crippen molar-refractivity contribution in [1.82, 2.24) is 20.2 Å². The van der Waals surface area contributed by atoms with Gasteiger partial charge in [-0.2, -0.15) is 13.2 Å². The molecule has 0 radical (unpaired) electrons. The van der Waals surface area contributed by atoms with Crippen LogP contribution in [0.2, 0.25) is 0 Å². The second kappa shape index (κ2) is 15.0. The number of amides is 1. The number of fused-ring (bicyclic) bond motifs is 2. The quantitative estimate of drug-likeness (QED) is 0.233. The molecule has 6 rings (SSSR count). The van der Waals surface area contributed by atoms with Gasteiger partial charge in [-0.3, -0.25) is 14.6 Å². The number of aryl methyl sites for hydroxylation is 1. The number of benzene rings is 2. The smallest absolute Gasteiger partial charge is 0.411 e. The number of rotatable bonds is 7. The summed E-state index contributed by atoms with van der Waals surface area (Å²) in [6.45, 7) is 6.04. The van der Waals surface area contributed by atoms with Gasteiger partial charge in [-0.05, 0) is 47.9 Å². The maximum atomic E-state index is 15.4. The highest BCUT2D eigenvalue weighted by Gasteiger charge is 2.45. The number of nitrogens with zero attached hydrogens (tertiary/aromatic N) is 3. The first-order valence-corrected chi connectivity index (χ1v) is 16.4. The first-order chi connectivity index (χ1) is 23.8. The number of pyridine rings is 2.